The van der Waals surface area contributed by atoms with Crippen molar-refractivity contribution in [3.8, 4) is 5.75 Å². The molecule has 1 aliphatic rings. The van der Waals surface area contributed by atoms with Crippen LogP contribution in [0.15, 0.2) is 60.9 Å². The smallest absolute Gasteiger partial charge is 0.133 e. The van der Waals surface area contributed by atoms with Crippen molar-refractivity contribution in [2.24, 2.45) is 0 Å². The molecular weight excluding hydrogens is 395 g/mol. The molecule has 1 aliphatic heterocycles. The number of aryl methyl sites for hydroxylation is 1. The Morgan fingerprint density at radius 2 is 2.03 bits per heavy atom. The average molecular weight is 423 g/mol. The molecule has 2 aromatic heterocycles. The van der Waals surface area contributed by atoms with E-state index in [-0.39, 0.29) is 11.9 Å². The lowest BCUT2D eigenvalue weighted by Gasteiger charge is -2.32. The zero-order valence-corrected chi connectivity index (χ0v) is 17.6. The molecule has 0 aliphatic carbocycles. The van der Waals surface area contributed by atoms with Crippen LogP contribution in [0, 0.1) is 12.7 Å². The highest BCUT2D eigenvalue weighted by atomic mass is 19.1. The third-order valence-electron chi connectivity index (χ3n) is 5.24. The second kappa shape index (κ2) is 10.3. The minimum Gasteiger partial charge on any atom is -0.494 e. The molecule has 1 aromatic carbocycles. The first-order valence-corrected chi connectivity index (χ1v) is 10.5. The molecule has 0 spiro atoms. The second-order valence-electron chi connectivity index (χ2n) is 7.58. The van der Waals surface area contributed by atoms with E-state index in [4.69, 9.17) is 9.47 Å². The number of hydrogen-bond donors (Lipinski definition) is 1. The summed E-state index contributed by atoms with van der Waals surface area (Å²) in [6.07, 6.45) is 4.44. The maximum atomic E-state index is 12.9. The van der Waals surface area contributed by atoms with Crippen LogP contribution in [-0.2, 0) is 4.74 Å². The SMILES string of the molecule is Cc1cccnc1Nc1ccc([C@@H]2CN(CCCOc3ccc(F)cc3)CCO2)nc1. The first-order chi connectivity index (χ1) is 15.2. The van der Waals surface area contributed by atoms with E-state index in [0.717, 1.165) is 48.8 Å². The highest BCUT2D eigenvalue weighted by Gasteiger charge is 2.22. The van der Waals surface area contributed by atoms with Gasteiger partial charge in [-0.2, -0.15) is 0 Å². The minimum absolute atomic E-state index is 0.0441. The largest absolute Gasteiger partial charge is 0.494 e. The van der Waals surface area contributed by atoms with Crippen LogP contribution in [0.4, 0.5) is 15.9 Å². The van der Waals surface area contributed by atoms with E-state index in [0.29, 0.717) is 19.0 Å². The summed E-state index contributed by atoms with van der Waals surface area (Å²) in [5.74, 6) is 1.27. The van der Waals surface area contributed by atoms with E-state index in [1.165, 1.54) is 12.1 Å². The fourth-order valence-electron chi connectivity index (χ4n) is 3.52. The minimum atomic E-state index is -0.254. The molecule has 1 saturated heterocycles. The summed E-state index contributed by atoms with van der Waals surface area (Å²) in [5, 5.41) is 3.30. The van der Waals surface area contributed by atoms with Crippen molar-refractivity contribution < 1.29 is 13.9 Å². The standard InChI is InChI=1S/C24H27FN4O2/c1-18-4-2-11-26-24(18)28-20-7-10-22(27-16-20)23-17-29(13-15-31-23)12-3-14-30-21-8-5-19(25)6-9-21/h2,4-11,16,23H,3,12-15,17H2,1H3,(H,26,28)/t23-/m0/s1. The predicted molar refractivity (Wildman–Crippen MR) is 118 cm³/mol. The van der Waals surface area contributed by atoms with Crippen LogP contribution in [0.3, 0.4) is 0 Å². The lowest BCUT2D eigenvalue weighted by atomic mass is 10.1. The van der Waals surface area contributed by atoms with E-state index in [1.807, 2.05) is 37.4 Å². The zero-order valence-electron chi connectivity index (χ0n) is 17.6. The van der Waals surface area contributed by atoms with Crippen molar-refractivity contribution in [1.82, 2.24) is 14.9 Å². The number of halogens is 1. The van der Waals surface area contributed by atoms with Crippen LogP contribution in [0.1, 0.15) is 23.8 Å². The van der Waals surface area contributed by atoms with Crippen molar-refractivity contribution in [3.05, 3.63) is 78.0 Å². The van der Waals surface area contributed by atoms with Gasteiger partial charge in [-0.1, -0.05) is 6.07 Å². The number of nitrogens with one attached hydrogen (secondary N) is 1. The third-order valence-corrected chi connectivity index (χ3v) is 5.24. The van der Waals surface area contributed by atoms with Gasteiger partial charge >= 0.3 is 0 Å². The van der Waals surface area contributed by atoms with Gasteiger partial charge in [-0.05, 0) is 61.4 Å². The zero-order chi connectivity index (χ0) is 21.5. The van der Waals surface area contributed by atoms with Crippen LogP contribution in [-0.4, -0.2) is 47.7 Å². The fraction of sp³-hybridized carbons (Fsp3) is 0.333. The first kappa shape index (κ1) is 21.2. The maximum absolute atomic E-state index is 12.9. The van der Waals surface area contributed by atoms with Gasteiger partial charge in [0.05, 0.1) is 30.8 Å². The Hall–Kier alpha value is -3.03. The number of nitrogens with zero attached hydrogens (tertiary/aromatic N) is 3. The van der Waals surface area contributed by atoms with Crippen molar-refractivity contribution in [3.63, 3.8) is 0 Å². The third kappa shape index (κ3) is 5.99. The molecule has 3 heterocycles. The Bertz CT molecular complexity index is 966. The van der Waals surface area contributed by atoms with Crippen molar-refractivity contribution in [2.75, 3.05) is 38.2 Å². The number of hydrogen-bond acceptors (Lipinski definition) is 6. The number of aromatic nitrogens is 2. The van der Waals surface area contributed by atoms with Gasteiger partial charge in [-0.15, -0.1) is 0 Å². The molecule has 1 atom stereocenters. The molecule has 162 valence electrons. The summed E-state index contributed by atoms with van der Waals surface area (Å²) in [5.41, 5.74) is 2.91. The van der Waals surface area contributed by atoms with Crippen LogP contribution in [0.2, 0.25) is 0 Å². The molecule has 0 unspecified atom stereocenters. The number of benzene rings is 1. The van der Waals surface area contributed by atoms with Gasteiger partial charge in [-0.25, -0.2) is 9.37 Å². The number of anilines is 2. The van der Waals surface area contributed by atoms with Crippen molar-refractivity contribution in [2.45, 2.75) is 19.4 Å². The molecular formula is C24H27FN4O2. The van der Waals surface area contributed by atoms with Gasteiger partial charge < -0.3 is 14.8 Å². The van der Waals surface area contributed by atoms with Crippen LogP contribution in [0.5, 0.6) is 5.75 Å². The Balaban J connectivity index is 1.25. The molecule has 0 amide bonds. The van der Waals surface area contributed by atoms with Crippen LogP contribution < -0.4 is 10.1 Å². The van der Waals surface area contributed by atoms with Gasteiger partial charge in [0.25, 0.3) is 0 Å². The molecule has 0 bridgehead atoms. The predicted octanol–water partition coefficient (Wildman–Crippen LogP) is 4.51. The molecule has 1 fully saturated rings. The van der Waals surface area contributed by atoms with E-state index in [9.17, 15) is 4.39 Å². The quantitative estimate of drug-likeness (QED) is 0.539. The summed E-state index contributed by atoms with van der Waals surface area (Å²) in [6.45, 7) is 5.91. The topological polar surface area (TPSA) is 59.5 Å². The summed E-state index contributed by atoms with van der Waals surface area (Å²) in [6, 6.07) is 14.1. The van der Waals surface area contributed by atoms with Crippen LogP contribution >= 0.6 is 0 Å². The van der Waals surface area contributed by atoms with Gasteiger partial charge in [0.1, 0.15) is 23.5 Å². The first-order valence-electron chi connectivity index (χ1n) is 10.5. The number of pyridine rings is 2. The average Bonchev–Trinajstić information content (AvgIpc) is 2.80. The lowest BCUT2D eigenvalue weighted by molar-refractivity contribution is -0.0330. The van der Waals surface area contributed by atoms with E-state index in [1.54, 1.807) is 18.3 Å². The number of morpholine rings is 1. The fourth-order valence-corrected chi connectivity index (χ4v) is 3.52. The number of ether oxygens (including phenoxy) is 2. The van der Waals surface area contributed by atoms with Crippen LogP contribution in [0.25, 0.3) is 0 Å². The Labute approximate surface area is 182 Å². The van der Waals surface area contributed by atoms with Crippen molar-refractivity contribution in [1.29, 1.82) is 0 Å². The van der Waals surface area contributed by atoms with Crippen molar-refractivity contribution >= 4 is 11.5 Å². The summed E-state index contributed by atoms with van der Waals surface area (Å²) in [7, 11) is 0. The molecule has 6 nitrogen and oxygen atoms in total. The molecule has 0 radical (unpaired) electrons. The summed E-state index contributed by atoms with van der Waals surface area (Å²) < 4.78 is 24.6. The Morgan fingerprint density at radius 1 is 1.16 bits per heavy atom. The van der Waals surface area contributed by atoms with Gasteiger partial charge in [0.15, 0.2) is 0 Å². The van der Waals surface area contributed by atoms with Gasteiger partial charge in [-0.3, -0.25) is 9.88 Å². The molecule has 0 saturated carbocycles. The maximum Gasteiger partial charge on any atom is 0.133 e. The number of rotatable bonds is 8. The van der Waals surface area contributed by atoms with E-state index >= 15 is 0 Å². The summed E-state index contributed by atoms with van der Waals surface area (Å²) >= 11 is 0. The second-order valence-corrected chi connectivity index (χ2v) is 7.58. The van der Waals surface area contributed by atoms with Gasteiger partial charge in [0, 0.05) is 25.8 Å². The molecule has 1 N–H and O–H groups in total. The Morgan fingerprint density at radius 3 is 2.81 bits per heavy atom. The molecule has 3 aromatic rings. The molecule has 31 heavy (non-hydrogen) atoms. The normalized spacial score (nSPS) is 16.8. The van der Waals surface area contributed by atoms with E-state index < -0.39 is 0 Å². The highest BCUT2D eigenvalue weighted by molar-refractivity contribution is 5.57. The Kier molecular flexibility index (Phi) is 7.07. The van der Waals surface area contributed by atoms with E-state index in [2.05, 4.69) is 20.2 Å². The van der Waals surface area contributed by atoms with Gasteiger partial charge in [0.2, 0.25) is 0 Å². The molecule has 4 rings (SSSR count). The summed E-state index contributed by atoms with van der Waals surface area (Å²) in [4.78, 5) is 11.3. The highest BCUT2D eigenvalue weighted by Crippen LogP contribution is 2.23. The lowest BCUT2D eigenvalue weighted by Crippen LogP contribution is -2.39. The molecule has 7 heteroatoms. The monoisotopic (exact) mass is 422 g/mol.